The Hall–Kier alpha value is -2.06. The van der Waals surface area contributed by atoms with E-state index in [1.54, 1.807) is 0 Å². The predicted octanol–water partition coefficient (Wildman–Crippen LogP) is 16.8. The van der Waals surface area contributed by atoms with Gasteiger partial charge in [0.1, 0.15) is 19.3 Å². The van der Waals surface area contributed by atoms with Crippen molar-refractivity contribution >= 4 is 13.8 Å². The quantitative estimate of drug-likeness (QED) is 0.0197. The van der Waals surface area contributed by atoms with E-state index in [1.807, 2.05) is 21.1 Å². The van der Waals surface area contributed by atoms with Crippen LogP contribution in [0.15, 0.2) is 72.9 Å². The Morgan fingerprint density at radius 3 is 1.22 bits per heavy atom. The summed E-state index contributed by atoms with van der Waals surface area (Å²) in [6, 6.07) is 0. The molecule has 0 aromatic carbocycles. The zero-order chi connectivity index (χ0) is 49.0. The lowest BCUT2D eigenvalue weighted by Gasteiger charge is -2.28. The Kier molecular flexibility index (Phi) is 48.8. The standard InChI is InChI=1S/C58H106NO7P/c1-6-8-10-12-14-16-18-20-22-24-26-28-29-30-32-34-36-38-40-42-44-46-48-50-53-63-55-57(56-65-67(61,62)64-54-52-59(3,4)5)66-58(60)51-49-47-45-43-41-39-37-35-33-31-27-25-23-21-19-17-15-13-11-9-7-2/h18-21,24-27,29-30,33,35,57H,6-17,22-23,28,31-32,34,36-56H2,1-5H3/b20-18-,21-19-,26-24-,27-25-,30-29-,35-33-. The maximum atomic E-state index is 12.8. The minimum atomic E-state index is -4.54. The molecule has 0 spiro atoms. The number of phosphoric ester groups is 1. The fourth-order valence-corrected chi connectivity index (χ4v) is 8.17. The summed E-state index contributed by atoms with van der Waals surface area (Å²) < 4.78 is 34.8. The molecule has 0 saturated heterocycles. The van der Waals surface area contributed by atoms with Crippen molar-refractivity contribution in [1.82, 2.24) is 0 Å². The summed E-state index contributed by atoms with van der Waals surface area (Å²) in [4.78, 5) is 25.2. The van der Waals surface area contributed by atoms with Crippen LogP contribution in [0.3, 0.4) is 0 Å². The predicted molar refractivity (Wildman–Crippen MR) is 286 cm³/mol. The SMILES string of the molecule is CCCCCCC/C=C\C/C=C\C/C=C\CCCCCCCCCCCOCC(COP(=O)([O-])OCC[N+](C)(C)C)OC(=O)CCCCCCCC/C=C\C/C=C\C/C=C\CCCCCCC. The van der Waals surface area contributed by atoms with Gasteiger partial charge in [0.2, 0.25) is 0 Å². The van der Waals surface area contributed by atoms with E-state index >= 15 is 0 Å². The minimum Gasteiger partial charge on any atom is -0.756 e. The van der Waals surface area contributed by atoms with Gasteiger partial charge < -0.3 is 27.9 Å². The Labute approximate surface area is 414 Å². The third kappa shape index (κ3) is 54.7. The molecular formula is C58H106NO7P. The second kappa shape index (κ2) is 50.3. The molecule has 0 N–H and O–H groups in total. The summed E-state index contributed by atoms with van der Waals surface area (Å²) >= 11 is 0. The molecule has 0 aliphatic carbocycles. The molecule has 390 valence electrons. The summed E-state index contributed by atoms with van der Waals surface area (Å²) in [5.41, 5.74) is 0. The monoisotopic (exact) mass is 960 g/mol. The number of allylic oxidation sites excluding steroid dienone is 12. The van der Waals surface area contributed by atoms with E-state index in [-0.39, 0.29) is 25.8 Å². The number of likely N-dealkylation sites (N-methyl/N-ethyl adjacent to an activating group) is 1. The van der Waals surface area contributed by atoms with E-state index in [2.05, 4.69) is 86.8 Å². The molecule has 0 heterocycles. The highest BCUT2D eigenvalue weighted by molar-refractivity contribution is 7.45. The number of quaternary nitrogens is 1. The lowest BCUT2D eigenvalue weighted by molar-refractivity contribution is -0.870. The van der Waals surface area contributed by atoms with Crippen LogP contribution in [-0.2, 0) is 27.9 Å². The van der Waals surface area contributed by atoms with Crippen LogP contribution < -0.4 is 4.89 Å². The average Bonchev–Trinajstić information content (AvgIpc) is 3.29. The van der Waals surface area contributed by atoms with E-state index in [0.717, 1.165) is 70.6 Å². The van der Waals surface area contributed by atoms with Crippen molar-refractivity contribution in [3.63, 3.8) is 0 Å². The lowest BCUT2D eigenvalue weighted by atomic mass is 10.1. The number of rotatable bonds is 51. The van der Waals surface area contributed by atoms with Crippen LogP contribution in [0.1, 0.15) is 232 Å². The molecule has 8 nitrogen and oxygen atoms in total. The van der Waals surface area contributed by atoms with Gasteiger partial charge in [-0.15, -0.1) is 0 Å². The van der Waals surface area contributed by atoms with Crippen molar-refractivity contribution in [2.75, 3.05) is 54.1 Å². The van der Waals surface area contributed by atoms with Gasteiger partial charge in [-0.2, -0.15) is 0 Å². The van der Waals surface area contributed by atoms with Crippen LogP contribution in [0.25, 0.3) is 0 Å². The molecule has 9 heteroatoms. The van der Waals surface area contributed by atoms with Gasteiger partial charge in [0.25, 0.3) is 7.82 Å². The molecule has 0 fully saturated rings. The summed E-state index contributed by atoms with van der Waals surface area (Å²) in [5.74, 6) is -0.348. The van der Waals surface area contributed by atoms with Crippen LogP contribution in [0.4, 0.5) is 0 Å². The summed E-state index contributed by atoms with van der Waals surface area (Å²) in [6.07, 6.45) is 66.4. The van der Waals surface area contributed by atoms with Gasteiger partial charge in [-0.05, 0) is 89.9 Å². The second-order valence-electron chi connectivity index (χ2n) is 19.6. The number of esters is 1. The van der Waals surface area contributed by atoms with E-state index in [1.165, 1.54) is 141 Å². The number of hydrogen-bond donors (Lipinski definition) is 0. The maximum absolute atomic E-state index is 12.8. The van der Waals surface area contributed by atoms with Gasteiger partial charge in [0.05, 0.1) is 34.4 Å². The van der Waals surface area contributed by atoms with Gasteiger partial charge in [-0.1, -0.05) is 209 Å². The fourth-order valence-electron chi connectivity index (χ4n) is 7.44. The number of carbonyl (C=O) groups excluding carboxylic acids is 1. The van der Waals surface area contributed by atoms with Crippen molar-refractivity contribution < 1.29 is 37.3 Å². The molecule has 0 saturated carbocycles. The summed E-state index contributed by atoms with van der Waals surface area (Å²) in [5, 5.41) is 0. The second-order valence-corrected chi connectivity index (χ2v) is 21.0. The smallest absolute Gasteiger partial charge is 0.306 e. The molecule has 2 unspecified atom stereocenters. The van der Waals surface area contributed by atoms with Gasteiger partial charge in [-0.3, -0.25) is 9.36 Å². The molecular weight excluding hydrogens is 854 g/mol. The Morgan fingerprint density at radius 2 is 0.821 bits per heavy atom. The minimum absolute atomic E-state index is 0.0189. The molecule has 0 aromatic rings. The Morgan fingerprint density at radius 1 is 0.463 bits per heavy atom. The van der Waals surface area contributed by atoms with Crippen molar-refractivity contribution in [2.24, 2.45) is 0 Å². The molecule has 0 rings (SSSR count). The van der Waals surface area contributed by atoms with Crippen molar-refractivity contribution in [1.29, 1.82) is 0 Å². The molecule has 67 heavy (non-hydrogen) atoms. The van der Waals surface area contributed by atoms with Crippen LogP contribution in [0.5, 0.6) is 0 Å². The number of ether oxygens (including phenoxy) is 2. The maximum Gasteiger partial charge on any atom is 0.306 e. The molecule has 0 amide bonds. The van der Waals surface area contributed by atoms with E-state index in [0.29, 0.717) is 24.1 Å². The van der Waals surface area contributed by atoms with Gasteiger partial charge in [0.15, 0.2) is 0 Å². The van der Waals surface area contributed by atoms with Crippen molar-refractivity contribution in [3.05, 3.63) is 72.9 Å². The van der Waals surface area contributed by atoms with Gasteiger partial charge >= 0.3 is 5.97 Å². The van der Waals surface area contributed by atoms with E-state index in [4.69, 9.17) is 18.5 Å². The Bertz CT molecular complexity index is 1300. The van der Waals surface area contributed by atoms with Crippen LogP contribution >= 0.6 is 7.82 Å². The first-order valence-electron chi connectivity index (χ1n) is 27.7. The highest BCUT2D eigenvalue weighted by atomic mass is 31.2. The molecule has 0 aliphatic rings. The molecule has 2 atom stereocenters. The highest BCUT2D eigenvalue weighted by Crippen LogP contribution is 2.38. The fraction of sp³-hybridized carbons (Fsp3) is 0.776. The third-order valence-electron chi connectivity index (χ3n) is 11.7. The molecule has 0 bridgehead atoms. The number of phosphoric acid groups is 1. The largest absolute Gasteiger partial charge is 0.756 e. The normalized spacial score (nSPS) is 14.1. The van der Waals surface area contributed by atoms with E-state index in [9.17, 15) is 14.3 Å². The number of unbranched alkanes of at least 4 members (excludes halogenated alkanes) is 25. The number of hydrogen-bond acceptors (Lipinski definition) is 7. The van der Waals surface area contributed by atoms with Crippen molar-refractivity contribution in [2.45, 2.75) is 238 Å². The summed E-state index contributed by atoms with van der Waals surface area (Å²) in [7, 11) is 1.34. The number of nitrogens with zero attached hydrogens (tertiary/aromatic N) is 1. The first-order chi connectivity index (χ1) is 32.6. The molecule has 0 aliphatic heterocycles. The van der Waals surface area contributed by atoms with Crippen molar-refractivity contribution in [3.8, 4) is 0 Å². The zero-order valence-electron chi connectivity index (χ0n) is 44.3. The highest BCUT2D eigenvalue weighted by Gasteiger charge is 2.20. The van der Waals surface area contributed by atoms with Crippen LogP contribution in [0.2, 0.25) is 0 Å². The number of carbonyl (C=O) groups is 1. The zero-order valence-corrected chi connectivity index (χ0v) is 45.2. The first kappa shape index (κ1) is 64.9. The molecule has 0 radical (unpaired) electrons. The van der Waals surface area contributed by atoms with E-state index < -0.39 is 13.9 Å². The topological polar surface area (TPSA) is 94.1 Å². The molecule has 0 aromatic heterocycles. The Balaban J connectivity index is 4.16. The van der Waals surface area contributed by atoms with Crippen LogP contribution in [0, 0.1) is 0 Å². The van der Waals surface area contributed by atoms with Gasteiger partial charge in [0, 0.05) is 13.0 Å². The first-order valence-corrected chi connectivity index (χ1v) is 29.1. The summed E-state index contributed by atoms with van der Waals surface area (Å²) in [6.45, 7) is 5.37. The van der Waals surface area contributed by atoms with Gasteiger partial charge in [-0.25, -0.2) is 0 Å². The lowest BCUT2D eigenvalue weighted by Crippen LogP contribution is -2.37. The average molecular weight is 960 g/mol. The van der Waals surface area contributed by atoms with Crippen LogP contribution in [-0.4, -0.2) is 70.7 Å². The third-order valence-corrected chi connectivity index (χ3v) is 12.7.